The van der Waals surface area contributed by atoms with Crippen LogP contribution in [0.25, 0.3) is 0 Å². The van der Waals surface area contributed by atoms with Crippen LogP contribution in [0.4, 0.5) is 23.3 Å². The van der Waals surface area contributed by atoms with Crippen LogP contribution in [-0.4, -0.2) is 40.5 Å². The number of rotatable bonds is 6. The first-order chi connectivity index (χ1) is 14.0. The molecule has 1 saturated carbocycles. The summed E-state index contributed by atoms with van der Waals surface area (Å²) in [6.07, 6.45) is 7.24. The van der Waals surface area contributed by atoms with Crippen molar-refractivity contribution in [3.63, 3.8) is 0 Å². The summed E-state index contributed by atoms with van der Waals surface area (Å²) in [6, 6.07) is 3.82. The van der Waals surface area contributed by atoms with Crippen molar-refractivity contribution in [1.82, 2.24) is 15.0 Å². The Bertz CT molecular complexity index is 877. The number of nitrogens with one attached hydrogen (secondary N) is 3. The van der Waals surface area contributed by atoms with E-state index in [1.807, 2.05) is 38.1 Å². The average molecular weight is 396 g/mol. The van der Waals surface area contributed by atoms with Gasteiger partial charge in [-0.3, -0.25) is 4.79 Å². The summed E-state index contributed by atoms with van der Waals surface area (Å²) in [5, 5.41) is 9.62. The quantitative estimate of drug-likeness (QED) is 0.691. The van der Waals surface area contributed by atoms with Gasteiger partial charge >= 0.3 is 0 Å². The van der Waals surface area contributed by atoms with Crippen LogP contribution in [0.2, 0.25) is 0 Å². The van der Waals surface area contributed by atoms with Gasteiger partial charge in [0.15, 0.2) is 5.82 Å². The Morgan fingerprint density at radius 2 is 2.00 bits per heavy atom. The highest BCUT2D eigenvalue weighted by molar-refractivity contribution is 6.03. The highest BCUT2D eigenvalue weighted by Crippen LogP contribution is 2.32. The number of pyridine rings is 1. The third-order valence-corrected chi connectivity index (χ3v) is 5.94. The molecule has 0 spiro atoms. The number of amides is 1. The molecule has 1 aliphatic heterocycles. The van der Waals surface area contributed by atoms with Crippen LogP contribution in [0.5, 0.6) is 0 Å². The first kappa shape index (κ1) is 19.4. The summed E-state index contributed by atoms with van der Waals surface area (Å²) in [4.78, 5) is 27.5. The van der Waals surface area contributed by atoms with Gasteiger partial charge in [-0.2, -0.15) is 4.98 Å². The molecule has 1 aliphatic carbocycles. The average Bonchev–Trinajstić information content (AvgIpc) is 3.24. The molecule has 154 valence electrons. The van der Waals surface area contributed by atoms with Crippen molar-refractivity contribution in [2.45, 2.75) is 52.1 Å². The maximum atomic E-state index is 12.0. The Labute approximate surface area is 171 Å². The van der Waals surface area contributed by atoms with Gasteiger partial charge in [-0.1, -0.05) is 18.9 Å². The Morgan fingerprint density at radius 3 is 2.72 bits per heavy atom. The van der Waals surface area contributed by atoms with Crippen molar-refractivity contribution in [2.75, 3.05) is 34.4 Å². The molecule has 4 rings (SSSR count). The molecule has 1 fully saturated rings. The van der Waals surface area contributed by atoms with Crippen molar-refractivity contribution in [3.8, 4) is 0 Å². The Balaban J connectivity index is 1.37. The molecule has 3 N–H and O–H groups in total. The molecule has 2 aliphatic rings. The summed E-state index contributed by atoms with van der Waals surface area (Å²) < 4.78 is 0. The van der Waals surface area contributed by atoms with E-state index in [0.717, 1.165) is 35.4 Å². The highest BCUT2D eigenvalue weighted by atomic mass is 16.2. The predicted octanol–water partition coefficient (Wildman–Crippen LogP) is 3.17. The largest absolute Gasteiger partial charge is 0.370 e. The molecule has 8 nitrogen and oxygen atoms in total. The van der Waals surface area contributed by atoms with E-state index in [4.69, 9.17) is 0 Å². The number of hydrogen-bond acceptors (Lipinski definition) is 7. The molecule has 1 unspecified atom stereocenters. The Morgan fingerprint density at radius 1 is 1.21 bits per heavy atom. The lowest BCUT2D eigenvalue weighted by molar-refractivity contribution is -0.117. The fourth-order valence-electron chi connectivity index (χ4n) is 3.90. The SMILES string of the molecule is Cc1nc(NCc2ccc(NCC3CCCC3)nc2)nc2c1NC(=O)C(C)N2C. The molecular weight excluding hydrogens is 366 g/mol. The van der Waals surface area contributed by atoms with Gasteiger partial charge in [-0.15, -0.1) is 0 Å². The highest BCUT2D eigenvalue weighted by Gasteiger charge is 2.30. The molecule has 29 heavy (non-hydrogen) atoms. The second-order valence-electron chi connectivity index (χ2n) is 8.04. The topological polar surface area (TPSA) is 95.1 Å². The molecule has 1 amide bonds. The Hall–Kier alpha value is -2.90. The van der Waals surface area contributed by atoms with Crippen LogP contribution in [0.15, 0.2) is 18.3 Å². The van der Waals surface area contributed by atoms with Gasteiger partial charge in [-0.25, -0.2) is 9.97 Å². The van der Waals surface area contributed by atoms with Gasteiger partial charge in [0.05, 0.1) is 5.69 Å². The summed E-state index contributed by atoms with van der Waals surface area (Å²) in [7, 11) is 1.87. The van der Waals surface area contributed by atoms with Gasteiger partial charge in [-0.05, 0) is 44.2 Å². The maximum absolute atomic E-state index is 12.0. The van der Waals surface area contributed by atoms with E-state index >= 15 is 0 Å². The van der Waals surface area contributed by atoms with Crippen molar-refractivity contribution in [2.24, 2.45) is 5.92 Å². The zero-order chi connectivity index (χ0) is 20.4. The van der Waals surface area contributed by atoms with Crippen LogP contribution in [-0.2, 0) is 11.3 Å². The number of anilines is 4. The standard InChI is InChI=1S/C21H29N7O/c1-13-18-19(28(3)14(2)20(29)26-18)27-21(25-13)24-12-16-8-9-17(23-11-16)22-10-15-6-4-5-7-15/h8-9,11,14-15H,4-7,10,12H2,1-3H3,(H,22,23)(H,26,29)(H,24,25,27). The fraction of sp³-hybridized carbons (Fsp3) is 0.524. The minimum Gasteiger partial charge on any atom is -0.370 e. The van der Waals surface area contributed by atoms with Crippen molar-refractivity contribution in [1.29, 1.82) is 0 Å². The first-order valence-electron chi connectivity index (χ1n) is 10.4. The van der Waals surface area contributed by atoms with E-state index in [9.17, 15) is 4.79 Å². The van der Waals surface area contributed by atoms with Gasteiger partial charge in [0.2, 0.25) is 11.9 Å². The van der Waals surface area contributed by atoms with E-state index in [2.05, 4.69) is 37.0 Å². The van der Waals surface area contributed by atoms with Crippen LogP contribution < -0.4 is 20.9 Å². The number of aryl methyl sites for hydroxylation is 1. The molecule has 0 saturated heterocycles. The number of carbonyl (C=O) groups excluding carboxylic acids is 1. The minimum absolute atomic E-state index is 0.0416. The molecule has 1 atom stereocenters. The number of aromatic nitrogens is 3. The second kappa shape index (κ2) is 8.23. The molecule has 0 bridgehead atoms. The molecule has 2 aromatic rings. The summed E-state index contributed by atoms with van der Waals surface area (Å²) >= 11 is 0. The third-order valence-electron chi connectivity index (χ3n) is 5.94. The summed E-state index contributed by atoms with van der Waals surface area (Å²) in [5.74, 6) is 2.94. The lowest BCUT2D eigenvalue weighted by atomic mass is 10.1. The maximum Gasteiger partial charge on any atom is 0.246 e. The number of fused-ring (bicyclic) bond motifs is 1. The van der Waals surface area contributed by atoms with Gasteiger partial charge < -0.3 is 20.9 Å². The number of likely N-dealkylation sites (N-methyl/N-ethyl adjacent to an activating group) is 1. The Kier molecular flexibility index (Phi) is 5.51. The lowest BCUT2D eigenvalue weighted by Crippen LogP contribution is -2.44. The number of nitrogens with zero attached hydrogens (tertiary/aromatic N) is 4. The molecule has 3 heterocycles. The predicted molar refractivity (Wildman–Crippen MR) is 115 cm³/mol. The van der Waals surface area contributed by atoms with Crippen LogP contribution >= 0.6 is 0 Å². The van der Waals surface area contributed by atoms with Crippen molar-refractivity contribution in [3.05, 3.63) is 29.6 Å². The van der Waals surface area contributed by atoms with E-state index in [1.165, 1.54) is 25.7 Å². The molecule has 0 radical (unpaired) electrons. The zero-order valence-corrected chi connectivity index (χ0v) is 17.3. The molecular formula is C21H29N7O. The normalized spacial score (nSPS) is 19.1. The number of carbonyl (C=O) groups is 1. The van der Waals surface area contributed by atoms with Gasteiger partial charge in [0, 0.05) is 26.3 Å². The third kappa shape index (κ3) is 4.26. The minimum atomic E-state index is -0.266. The van der Waals surface area contributed by atoms with Crippen LogP contribution in [0.1, 0.15) is 43.9 Å². The van der Waals surface area contributed by atoms with Crippen LogP contribution in [0, 0.1) is 12.8 Å². The van der Waals surface area contributed by atoms with Gasteiger partial charge in [0.1, 0.15) is 17.5 Å². The molecule has 2 aromatic heterocycles. The zero-order valence-electron chi connectivity index (χ0n) is 17.3. The van der Waals surface area contributed by atoms with E-state index in [0.29, 0.717) is 18.2 Å². The van der Waals surface area contributed by atoms with Crippen molar-refractivity contribution >= 4 is 29.2 Å². The first-order valence-corrected chi connectivity index (χ1v) is 10.4. The summed E-state index contributed by atoms with van der Waals surface area (Å²) in [6.45, 7) is 5.33. The summed E-state index contributed by atoms with van der Waals surface area (Å²) in [5.41, 5.74) is 2.49. The van der Waals surface area contributed by atoms with Crippen molar-refractivity contribution < 1.29 is 4.79 Å². The molecule has 8 heteroatoms. The van der Waals surface area contributed by atoms with Crippen LogP contribution in [0.3, 0.4) is 0 Å². The van der Waals surface area contributed by atoms with E-state index in [-0.39, 0.29) is 11.9 Å². The fourth-order valence-corrected chi connectivity index (χ4v) is 3.90. The number of hydrogen-bond donors (Lipinski definition) is 3. The van der Waals surface area contributed by atoms with E-state index < -0.39 is 0 Å². The smallest absolute Gasteiger partial charge is 0.246 e. The van der Waals surface area contributed by atoms with E-state index in [1.54, 1.807) is 0 Å². The second-order valence-corrected chi connectivity index (χ2v) is 8.04. The lowest BCUT2D eigenvalue weighted by Gasteiger charge is -2.32. The monoisotopic (exact) mass is 395 g/mol. The van der Waals surface area contributed by atoms with Gasteiger partial charge in [0.25, 0.3) is 0 Å². The molecule has 0 aromatic carbocycles.